The van der Waals surface area contributed by atoms with Crippen molar-refractivity contribution in [1.29, 1.82) is 0 Å². The maximum Gasteiger partial charge on any atom is 0.317 e. The lowest BCUT2D eigenvalue weighted by Crippen LogP contribution is -2.51. The molecule has 1 aliphatic rings. The van der Waals surface area contributed by atoms with Crippen LogP contribution in [0, 0.1) is 5.92 Å². The lowest BCUT2D eigenvalue weighted by molar-refractivity contribution is -0.157. The number of ketones is 1. The van der Waals surface area contributed by atoms with Crippen LogP contribution in [0.5, 0.6) is 0 Å². The summed E-state index contributed by atoms with van der Waals surface area (Å²) in [6, 6.07) is 0. The predicted octanol–water partition coefficient (Wildman–Crippen LogP) is 1.32. The summed E-state index contributed by atoms with van der Waals surface area (Å²) >= 11 is 0. The molecular weight excluding hydrogens is 248 g/mol. The minimum absolute atomic E-state index is 0.527. The fourth-order valence-corrected chi connectivity index (χ4v) is 1.45. The second kappa shape index (κ2) is 3.95. The van der Waals surface area contributed by atoms with Gasteiger partial charge in [-0.05, 0) is 6.92 Å². The number of allylic oxidation sites excluding steroid dienone is 2. The van der Waals surface area contributed by atoms with Crippen LogP contribution in [0.1, 0.15) is 6.92 Å². The van der Waals surface area contributed by atoms with Crippen molar-refractivity contribution in [3.05, 3.63) is 23.3 Å². The summed E-state index contributed by atoms with van der Waals surface area (Å²) in [4.78, 5) is 21.6. The Hall–Kier alpha value is -1.70. The second-order valence-corrected chi connectivity index (χ2v) is 3.38. The molecule has 0 spiro atoms. The molecule has 0 aromatic rings. The van der Waals surface area contributed by atoms with Gasteiger partial charge in [-0.1, -0.05) is 0 Å². The van der Waals surface area contributed by atoms with E-state index in [1.54, 1.807) is 0 Å². The van der Waals surface area contributed by atoms with Crippen LogP contribution in [0.2, 0.25) is 0 Å². The Labute approximate surface area is 91.8 Å². The zero-order chi connectivity index (χ0) is 13.5. The van der Waals surface area contributed by atoms with E-state index in [1.165, 1.54) is 0 Å². The van der Waals surface area contributed by atoms with Gasteiger partial charge in [0.1, 0.15) is 0 Å². The molecule has 0 aliphatic heterocycles. The number of Topliss-reactive ketones (excluding diaryl/α,β-unsaturated/α-hetero) is 1. The van der Waals surface area contributed by atoms with E-state index in [0.717, 1.165) is 0 Å². The average Bonchev–Trinajstić information content (AvgIpc) is 2.23. The van der Waals surface area contributed by atoms with Crippen molar-refractivity contribution in [3.8, 4) is 0 Å². The summed E-state index contributed by atoms with van der Waals surface area (Å²) in [6.45, 7) is 0.527. The Morgan fingerprint density at radius 3 is 2.00 bits per heavy atom. The van der Waals surface area contributed by atoms with Gasteiger partial charge in [-0.25, -0.2) is 17.6 Å². The Bertz CT molecular complexity index is 468. The zero-order valence-corrected chi connectivity index (χ0v) is 8.30. The zero-order valence-electron chi connectivity index (χ0n) is 8.30. The van der Waals surface area contributed by atoms with Crippen molar-refractivity contribution in [2.45, 2.75) is 12.5 Å². The van der Waals surface area contributed by atoms with E-state index >= 15 is 0 Å². The number of carboxylic acids is 1. The highest BCUT2D eigenvalue weighted by molar-refractivity contribution is 5.95. The van der Waals surface area contributed by atoms with Crippen molar-refractivity contribution >= 4 is 11.8 Å². The van der Waals surface area contributed by atoms with E-state index in [0.29, 0.717) is 6.92 Å². The molecular formula is C9H6F4O4. The Kier molecular flexibility index (Phi) is 3.11. The number of aliphatic carboxylic acids is 1. The van der Waals surface area contributed by atoms with Gasteiger partial charge in [0.05, 0.1) is 0 Å². The van der Waals surface area contributed by atoms with Crippen LogP contribution in [-0.2, 0) is 9.59 Å². The molecule has 4 nitrogen and oxygen atoms in total. The molecule has 17 heavy (non-hydrogen) atoms. The molecule has 94 valence electrons. The van der Waals surface area contributed by atoms with Gasteiger partial charge in [0.25, 0.3) is 0 Å². The number of hydrogen-bond acceptors (Lipinski definition) is 3. The summed E-state index contributed by atoms with van der Waals surface area (Å²) < 4.78 is 52.0. The van der Waals surface area contributed by atoms with Crippen LogP contribution in [0.4, 0.5) is 17.6 Å². The van der Waals surface area contributed by atoms with Crippen LogP contribution in [-0.4, -0.2) is 27.6 Å². The van der Waals surface area contributed by atoms with Gasteiger partial charge in [0, 0.05) is 0 Å². The number of carbonyl (C=O) groups is 2. The molecule has 0 bridgehead atoms. The topological polar surface area (TPSA) is 74.6 Å². The van der Waals surface area contributed by atoms with Gasteiger partial charge in [-0.3, -0.25) is 9.59 Å². The second-order valence-electron chi connectivity index (χ2n) is 3.38. The van der Waals surface area contributed by atoms with Crippen molar-refractivity contribution in [2.75, 3.05) is 0 Å². The quantitative estimate of drug-likeness (QED) is 0.729. The summed E-state index contributed by atoms with van der Waals surface area (Å²) in [7, 11) is 0. The van der Waals surface area contributed by atoms with Crippen molar-refractivity contribution in [1.82, 2.24) is 0 Å². The molecule has 1 rings (SSSR count). The van der Waals surface area contributed by atoms with Crippen molar-refractivity contribution < 1.29 is 37.4 Å². The largest absolute Gasteiger partial charge is 0.481 e. The molecule has 0 aromatic heterocycles. The number of carbonyl (C=O) groups excluding carboxylic acids is 1. The van der Waals surface area contributed by atoms with Crippen LogP contribution in [0.15, 0.2) is 23.3 Å². The Morgan fingerprint density at radius 1 is 1.18 bits per heavy atom. The standard InChI is InChI=1S/C9H6F4O4/c1-2(14)9(17)3(8(15)16)4(10)5(11)6(12)7(9)13/h3,17H,1H3,(H,15,16). The molecule has 0 saturated carbocycles. The Balaban J connectivity index is 3.60. The molecule has 0 heterocycles. The number of hydrogen-bond donors (Lipinski definition) is 2. The normalized spacial score (nSPS) is 29.6. The molecule has 0 saturated heterocycles. The average molecular weight is 254 g/mol. The summed E-state index contributed by atoms with van der Waals surface area (Å²) in [5.41, 5.74) is -3.57. The van der Waals surface area contributed by atoms with Crippen LogP contribution in [0.25, 0.3) is 0 Å². The van der Waals surface area contributed by atoms with E-state index < -0.39 is 46.6 Å². The third-order valence-electron chi connectivity index (χ3n) is 2.38. The van der Waals surface area contributed by atoms with E-state index in [2.05, 4.69) is 0 Å². The van der Waals surface area contributed by atoms with Crippen LogP contribution < -0.4 is 0 Å². The highest BCUT2D eigenvalue weighted by atomic mass is 19.2. The fourth-order valence-electron chi connectivity index (χ4n) is 1.45. The molecule has 2 N–H and O–H groups in total. The first-order valence-corrected chi connectivity index (χ1v) is 4.23. The number of carboxylic acid groups (broad SMARTS) is 1. The van der Waals surface area contributed by atoms with Gasteiger partial charge >= 0.3 is 5.97 Å². The van der Waals surface area contributed by atoms with Gasteiger partial charge < -0.3 is 10.2 Å². The molecule has 0 aromatic carbocycles. The lowest BCUT2D eigenvalue weighted by Gasteiger charge is -2.31. The Morgan fingerprint density at radius 2 is 1.65 bits per heavy atom. The van der Waals surface area contributed by atoms with E-state index in [1.807, 2.05) is 0 Å². The highest BCUT2D eigenvalue weighted by Gasteiger charge is 2.58. The predicted molar refractivity (Wildman–Crippen MR) is 45.2 cm³/mol. The van der Waals surface area contributed by atoms with E-state index in [9.17, 15) is 32.3 Å². The molecule has 0 radical (unpaired) electrons. The lowest BCUT2D eigenvalue weighted by atomic mass is 9.78. The molecule has 8 heteroatoms. The summed E-state index contributed by atoms with van der Waals surface area (Å²) in [5.74, 6) is -16.0. The molecule has 2 unspecified atom stereocenters. The molecule has 0 fully saturated rings. The van der Waals surface area contributed by atoms with E-state index in [4.69, 9.17) is 5.11 Å². The van der Waals surface area contributed by atoms with Crippen LogP contribution in [0.3, 0.4) is 0 Å². The first-order chi connectivity index (χ1) is 7.65. The maximum atomic E-state index is 13.2. The molecule has 1 aliphatic carbocycles. The fraction of sp³-hybridized carbons (Fsp3) is 0.333. The van der Waals surface area contributed by atoms with E-state index in [-0.39, 0.29) is 0 Å². The molecule has 0 amide bonds. The highest BCUT2D eigenvalue weighted by Crippen LogP contribution is 2.44. The SMILES string of the molecule is CC(=O)C1(O)C(F)=C(F)C(F)=C(F)C1C(=O)O. The first-order valence-electron chi connectivity index (χ1n) is 4.23. The van der Waals surface area contributed by atoms with Gasteiger partial charge in [-0.2, -0.15) is 0 Å². The monoisotopic (exact) mass is 254 g/mol. The third-order valence-corrected chi connectivity index (χ3v) is 2.38. The van der Waals surface area contributed by atoms with Gasteiger partial charge in [0.2, 0.25) is 0 Å². The summed E-state index contributed by atoms with van der Waals surface area (Å²) in [5, 5.41) is 18.0. The third kappa shape index (κ3) is 1.64. The first kappa shape index (κ1) is 13.4. The number of aliphatic hydroxyl groups is 1. The van der Waals surface area contributed by atoms with Gasteiger partial charge in [-0.15, -0.1) is 0 Å². The summed E-state index contributed by atoms with van der Waals surface area (Å²) in [6.07, 6.45) is 0. The van der Waals surface area contributed by atoms with Gasteiger partial charge in [0.15, 0.2) is 40.6 Å². The number of halogens is 4. The molecule has 2 atom stereocenters. The maximum absolute atomic E-state index is 13.2. The minimum atomic E-state index is -3.57. The number of rotatable bonds is 2. The van der Waals surface area contributed by atoms with Crippen molar-refractivity contribution in [3.63, 3.8) is 0 Å². The van der Waals surface area contributed by atoms with Crippen molar-refractivity contribution in [2.24, 2.45) is 5.92 Å². The minimum Gasteiger partial charge on any atom is -0.481 e. The smallest absolute Gasteiger partial charge is 0.317 e. The van der Waals surface area contributed by atoms with Crippen LogP contribution >= 0.6 is 0 Å².